The van der Waals surface area contributed by atoms with Crippen LogP contribution in [-0.2, 0) is 30.5 Å². The molecule has 8 nitrogen and oxygen atoms in total. The number of amides is 1. The first kappa shape index (κ1) is 28.2. The molecule has 9 heteroatoms. The van der Waals surface area contributed by atoms with Crippen molar-refractivity contribution >= 4 is 21.9 Å². The number of aryl methyl sites for hydroxylation is 1. The van der Waals surface area contributed by atoms with Crippen LogP contribution < -0.4 is 0 Å². The first-order valence-electron chi connectivity index (χ1n) is 11.3. The number of hydrogen-bond donors (Lipinski definition) is 1. The number of nitrogens with zero attached hydrogens (tertiary/aromatic N) is 1. The Hall–Kier alpha value is -3.07. The Labute approximate surface area is 207 Å². The van der Waals surface area contributed by atoms with E-state index in [1.807, 2.05) is 6.92 Å². The molecule has 0 unspecified atom stereocenters. The van der Waals surface area contributed by atoms with Crippen LogP contribution in [0.25, 0.3) is 0 Å². The van der Waals surface area contributed by atoms with Crippen LogP contribution in [-0.4, -0.2) is 61.0 Å². The van der Waals surface area contributed by atoms with E-state index in [1.54, 1.807) is 64.1 Å². The van der Waals surface area contributed by atoms with Crippen molar-refractivity contribution in [2.75, 3.05) is 19.4 Å². The minimum absolute atomic E-state index is 0.0519. The fraction of sp³-hybridized carbons (Fsp3) is 0.462. The van der Waals surface area contributed by atoms with Gasteiger partial charge in [-0.3, -0.25) is 4.90 Å². The zero-order valence-corrected chi connectivity index (χ0v) is 22.0. The zero-order chi connectivity index (χ0) is 26.4. The molecule has 192 valence electrons. The molecule has 2 rings (SSSR count). The number of phenolic OH excluding ortho intramolecular Hbond substituents is 1. The molecule has 0 saturated heterocycles. The maximum absolute atomic E-state index is 13.2. The zero-order valence-electron chi connectivity index (χ0n) is 21.2. The molecular formula is C26H35NO7S. The number of ether oxygens (including phenoxy) is 2. The van der Waals surface area contributed by atoms with E-state index < -0.39 is 33.0 Å². The first-order chi connectivity index (χ1) is 16.2. The molecular weight excluding hydrogens is 470 g/mol. The highest BCUT2D eigenvalue weighted by Crippen LogP contribution is 2.27. The maximum atomic E-state index is 13.2. The summed E-state index contributed by atoms with van der Waals surface area (Å²) in [7, 11) is -2.36. The predicted molar refractivity (Wildman–Crippen MR) is 133 cm³/mol. The van der Waals surface area contributed by atoms with Crippen molar-refractivity contribution in [1.82, 2.24) is 4.90 Å². The van der Waals surface area contributed by atoms with Gasteiger partial charge in [0.1, 0.15) is 16.9 Å². The number of aromatic hydroxyl groups is 1. The predicted octanol–water partition coefficient (Wildman–Crippen LogP) is 4.28. The lowest BCUT2D eigenvalue weighted by atomic mass is 9.90. The molecule has 0 aromatic heterocycles. The molecule has 0 saturated carbocycles. The van der Waals surface area contributed by atoms with E-state index in [2.05, 4.69) is 0 Å². The molecule has 0 aliphatic rings. The van der Waals surface area contributed by atoms with E-state index in [1.165, 1.54) is 24.1 Å². The average molecular weight is 506 g/mol. The molecule has 2 aromatic rings. The molecule has 2 aromatic carbocycles. The third-order valence-corrected chi connectivity index (χ3v) is 7.31. The van der Waals surface area contributed by atoms with Gasteiger partial charge in [-0.05, 0) is 70.9 Å². The van der Waals surface area contributed by atoms with Crippen LogP contribution >= 0.6 is 0 Å². The van der Waals surface area contributed by atoms with Crippen molar-refractivity contribution in [3.05, 3.63) is 59.7 Å². The van der Waals surface area contributed by atoms with Gasteiger partial charge in [-0.1, -0.05) is 29.8 Å². The molecule has 0 radical (unpaired) electrons. The second-order valence-electron chi connectivity index (χ2n) is 9.73. The number of benzene rings is 2. The van der Waals surface area contributed by atoms with E-state index in [-0.39, 0.29) is 35.8 Å². The minimum Gasteiger partial charge on any atom is -0.508 e. The lowest BCUT2D eigenvalue weighted by Gasteiger charge is -2.39. The van der Waals surface area contributed by atoms with Crippen molar-refractivity contribution in [2.45, 2.75) is 63.5 Å². The Morgan fingerprint density at radius 2 is 1.54 bits per heavy atom. The Bertz CT molecular complexity index is 1120. The van der Waals surface area contributed by atoms with Crippen molar-refractivity contribution in [3.8, 4) is 5.75 Å². The lowest BCUT2D eigenvalue weighted by Crippen LogP contribution is -2.58. The summed E-state index contributed by atoms with van der Waals surface area (Å²) >= 11 is 0. The summed E-state index contributed by atoms with van der Waals surface area (Å²) in [5.41, 5.74) is -0.694. The molecule has 35 heavy (non-hydrogen) atoms. The molecule has 0 aliphatic heterocycles. The van der Waals surface area contributed by atoms with Crippen LogP contribution in [0.2, 0.25) is 0 Å². The van der Waals surface area contributed by atoms with Crippen LogP contribution in [0.5, 0.6) is 5.75 Å². The van der Waals surface area contributed by atoms with Gasteiger partial charge in [-0.15, -0.1) is 0 Å². The Kier molecular flexibility index (Phi) is 8.94. The largest absolute Gasteiger partial charge is 0.508 e. The van der Waals surface area contributed by atoms with Gasteiger partial charge in [0.2, 0.25) is 0 Å². The van der Waals surface area contributed by atoms with Crippen molar-refractivity contribution in [2.24, 2.45) is 0 Å². The van der Waals surface area contributed by atoms with Crippen LogP contribution in [0, 0.1) is 6.92 Å². The molecule has 0 spiro atoms. The number of carbonyl (C=O) groups excluding carboxylic acids is 2. The van der Waals surface area contributed by atoms with Gasteiger partial charge in [0.15, 0.2) is 9.84 Å². The fourth-order valence-electron chi connectivity index (χ4n) is 3.64. The van der Waals surface area contributed by atoms with Gasteiger partial charge in [0.05, 0.1) is 17.8 Å². The number of rotatable bonds is 9. The third kappa shape index (κ3) is 7.71. The highest BCUT2D eigenvalue weighted by Gasteiger charge is 2.45. The number of esters is 1. The van der Waals surface area contributed by atoms with E-state index in [0.717, 1.165) is 5.56 Å². The molecule has 1 N–H and O–H groups in total. The highest BCUT2D eigenvalue weighted by molar-refractivity contribution is 7.91. The Balaban J connectivity index is 2.35. The Morgan fingerprint density at radius 1 is 0.971 bits per heavy atom. The normalized spacial score (nSPS) is 13.5. The van der Waals surface area contributed by atoms with Gasteiger partial charge in [0, 0.05) is 13.0 Å². The number of phenols is 1. The molecule has 0 fully saturated rings. The molecule has 1 atom stereocenters. The fourth-order valence-corrected chi connectivity index (χ4v) is 4.94. The second-order valence-corrected chi connectivity index (χ2v) is 11.8. The van der Waals surface area contributed by atoms with Crippen LogP contribution in [0.1, 0.15) is 45.2 Å². The van der Waals surface area contributed by atoms with Crippen LogP contribution in [0.15, 0.2) is 53.4 Å². The number of sulfone groups is 1. The summed E-state index contributed by atoms with van der Waals surface area (Å²) in [5.74, 6) is -0.817. The van der Waals surface area contributed by atoms with Crippen molar-refractivity contribution < 1.29 is 32.6 Å². The van der Waals surface area contributed by atoms with Gasteiger partial charge >= 0.3 is 12.1 Å². The monoisotopic (exact) mass is 505 g/mol. The summed E-state index contributed by atoms with van der Waals surface area (Å²) in [6.45, 7) is 8.51. The summed E-state index contributed by atoms with van der Waals surface area (Å²) in [5, 5.41) is 9.60. The van der Waals surface area contributed by atoms with Gasteiger partial charge in [0.25, 0.3) is 0 Å². The standard InChI is InChI=1S/C26H35NO7S/c1-19-8-14-22(15-9-19)35(31,32)17-7-16-27(24(30)34-25(2,3)4)26(5,23(29)33-6)18-20-10-12-21(28)13-11-20/h8-15,28H,7,16-18H2,1-6H3/t26-/m0/s1. The molecule has 0 heterocycles. The van der Waals surface area contributed by atoms with E-state index in [0.29, 0.717) is 5.56 Å². The summed E-state index contributed by atoms with van der Waals surface area (Å²) in [6, 6.07) is 12.8. The Morgan fingerprint density at radius 3 is 2.06 bits per heavy atom. The quantitative estimate of drug-likeness (QED) is 0.507. The van der Waals surface area contributed by atoms with Gasteiger partial charge in [-0.25, -0.2) is 18.0 Å². The first-order valence-corrected chi connectivity index (χ1v) is 13.0. The minimum atomic E-state index is -3.59. The third-order valence-electron chi connectivity index (χ3n) is 5.49. The van der Waals surface area contributed by atoms with Gasteiger partial charge < -0.3 is 14.6 Å². The topological polar surface area (TPSA) is 110 Å². The van der Waals surface area contributed by atoms with E-state index in [9.17, 15) is 23.1 Å². The second kappa shape index (κ2) is 11.1. The summed E-state index contributed by atoms with van der Waals surface area (Å²) < 4.78 is 36.3. The number of carbonyl (C=O) groups is 2. The lowest BCUT2D eigenvalue weighted by molar-refractivity contribution is -0.154. The molecule has 0 aliphatic carbocycles. The summed E-state index contributed by atoms with van der Waals surface area (Å²) in [4.78, 5) is 27.7. The highest BCUT2D eigenvalue weighted by atomic mass is 32.2. The van der Waals surface area contributed by atoms with E-state index >= 15 is 0 Å². The maximum Gasteiger partial charge on any atom is 0.411 e. The smallest absolute Gasteiger partial charge is 0.411 e. The van der Waals surface area contributed by atoms with Gasteiger partial charge in [-0.2, -0.15) is 0 Å². The average Bonchev–Trinajstić information content (AvgIpc) is 2.76. The summed E-state index contributed by atoms with van der Waals surface area (Å²) in [6.07, 6.45) is -0.599. The van der Waals surface area contributed by atoms with Crippen molar-refractivity contribution in [3.63, 3.8) is 0 Å². The number of methoxy groups -OCH3 is 1. The van der Waals surface area contributed by atoms with Crippen molar-refractivity contribution in [1.29, 1.82) is 0 Å². The number of hydrogen-bond acceptors (Lipinski definition) is 7. The van der Waals surface area contributed by atoms with Crippen LogP contribution in [0.3, 0.4) is 0 Å². The van der Waals surface area contributed by atoms with Crippen LogP contribution in [0.4, 0.5) is 4.79 Å². The molecule has 1 amide bonds. The van der Waals surface area contributed by atoms with E-state index in [4.69, 9.17) is 9.47 Å². The molecule has 0 bridgehead atoms. The SMILES string of the molecule is COC(=O)[C@](C)(Cc1ccc(O)cc1)N(CCCS(=O)(=O)c1ccc(C)cc1)C(=O)OC(C)(C)C.